The number of fused-ring (bicyclic) bond motifs is 2. The summed E-state index contributed by atoms with van der Waals surface area (Å²) in [5, 5.41) is 20.7. The predicted molar refractivity (Wildman–Crippen MR) is 162 cm³/mol. The molecule has 8 amide bonds. The van der Waals surface area contributed by atoms with Crippen molar-refractivity contribution in [3.8, 4) is 0 Å². The third-order valence-electron chi connectivity index (χ3n) is 6.17. The summed E-state index contributed by atoms with van der Waals surface area (Å²) in [5.41, 5.74) is -1.41. The van der Waals surface area contributed by atoms with E-state index in [0.29, 0.717) is 47.0 Å². The zero-order valence-corrected chi connectivity index (χ0v) is 27.1. The van der Waals surface area contributed by atoms with Crippen LogP contribution in [0.1, 0.15) is 48.4 Å². The van der Waals surface area contributed by atoms with E-state index < -0.39 is 59.4 Å². The first-order valence-corrected chi connectivity index (χ1v) is 16.1. The molecule has 0 aliphatic carbocycles. The zero-order chi connectivity index (χ0) is 33.8. The van der Waals surface area contributed by atoms with Crippen LogP contribution in [0.25, 0.3) is 0 Å². The standard InChI is InChI=1S/C26H18N4O12S4/c1-5-41-17-11(19(33)29(7(3)31)25(39)27-17)23-43-13-9(21(35)36)15-16(10(22(37)38)14(13)44-23)46-24(45-15)12-18(42-6-2)28-26(40)30(8(4)32)20(12)34/h5-6H2,1-4H3,(H,35,36)(H,37,38). The number of rotatable bonds is 4. The van der Waals surface area contributed by atoms with Gasteiger partial charge in [-0.2, -0.15) is 19.8 Å². The molecule has 4 heterocycles. The number of carboxylic acids is 2. The van der Waals surface area contributed by atoms with Crippen LogP contribution in [0.15, 0.2) is 49.2 Å². The zero-order valence-electron chi connectivity index (χ0n) is 23.8. The van der Waals surface area contributed by atoms with E-state index in [4.69, 9.17) is 9.47 Å². The van der Waals surface area contributed by atoms with E-state index in [1.807, 2.05) is 0 Å². The number of carbonyl (C=O) groups excluding carboxylic acids is 6. The van der Waals surface area contributed by atoms with Crippen LogP contribution >= 0.6 is 47.0 Å². The summed E-state index contributed by atoms with van der Waals surface area (Å²) in [6, 6.07) is -2.37. The first kappa shape index (κ1) is 33.0. The smallest absolute Gasteiger partial charge is 0.360 e. The van der Waals surface area contributed by atoms with Crippen molar-refractivity contribution in [3.63, 3.8) is 0 Å². The fourth-order valence-corrected chi connectivity index (χ4v) is 10.2. The SMILES string of the molecule is CCOC1=NC(=O)N(C(C)=O)C(=O)C1=C1Sc2c(c(C(=O)O)c3c(c2C(=O)O)SC(=C2C(=O)N(C(C)=O)C(=O)N=C2OCC)S3)S1. The fraction of sp³-hybridized carbons (Fsp3) is 0.231. The van der Waals surface area contributed by atoms with Crippen molar-refractivity contribution in [3.05, 3.63) is 30.7 Å². The summed E-state index contributed by atoms with van der Waals surface area (Å²) < 4.78 is 10.8. The molecule has 16 nitrogen and oxygen atoms in total. The van der Waals surface area contributed by atoms with Crippen molar-refractivity contribution in [2.45, 2.75) is 47.3 Å². The van der Waals surface area contributed by atoms with Crippen LogP contribution in [0.4, 0.5) is 9.59 Å². The van der Waals surface area contributed by atoms with E-state index in [1.54, 1.807) is 13.8 Å². The van der Waals surface area contributed by atoms with E-state index in [1.165, 1.54) is 0 Å². The Morgan fingerprint density at radius 1 is 0.630 bits per heavy atom. The minimum atomic E-state index is -1.48. The van der Waals surface area contributed by atoms with Crippen molar-refractivity contribution >= 4 is 106 Å². The van der Waals surface area contributed by atoms with Crippen molar-refractivity contribution < 1.29 is 58.0 Å². The van der Waals surface area contributed by atoms with Gasteiger partial charge in [0, 0.05) is 33.4 Å². The molecule has 0 spiro atoms. The molecule has 0 saturated carbocycles. The van der Waals surface area contributed by atoms with Crippen LogP contribution < -0.4 is 0 Å². The molecule has 0 radical (unpaired) electrons. The third kappa shape index (κ3) is 5.29. The van der Waals surface area contributed by atoms with Gasteiger partial charge in [-0.25, -0.2) is 19.2 Å². The van der Waals surface area contributed by atoms with Crippen molar-refractivity contribution in [1.82, 2.24) is 9.80 Å². The minimum Gasteiger partial charge on any atom is -0.478 e. The van der Waals surface area contributed by atoms with Crippen LogP contribution in [0.2, 0.25) is 0 Å². The van der Waals surface area contributed by atoms with Gasteiger partial charge in [0.05, 0.1) is 32.8 Å². The van der Waals surface area contributed by atoms with Gasteiger partial charge < -0.3 is 19.7 Å². The Morgan fingerprint density at radius 3 is 1.17 bits per heavy atom. The van der Waals surface area contributed by atoms with Crippen molar-refractivity contribution in [2.24, 2.45) is 9.98 Å². The Balaban J connectivity index is 1.72. The molecule has 5 rings (SSSR count). The molecule has 0 bridgehead atoms. The summed E-state index contributed by atoms with van der Waals surface area (Å²) in [4.78, 5) is 109. The van der Waals surface area contributed by atoms with Gasteiger partial charge in [-0.15, -0.1) is 0 Å². The molecule has 0 atom stereocenters. The van der Waals surface area contributed by atoms with Crippen LogP contribution in [-0.4, -0.2) is 92.7 Å². The molecule has 20 heteroatoms. The maximum Gasteiger partial charge on any atom is 0.360 e. The molecule has 0 aromatic heterocycles. The van der Waals surface area contributed by atoms with E-state index in [9.17, 15) is 48.6 Å². The lowest BCUT2D eigenvalue weighted by Gasteiger charge is -2.23. The number of ether oxygens (including phenoxy) is 2. The molecule has 0 unspecified atom stereocenters. The van der Waals surface area contributed by atoms with Crippen LogP contribution in [-0.2, 0) is 28.7 Å². The Morgan fingerprint density at radius 2 is 0.935 bits per heavy atom. The molecule has 46 heavy (non-hydrogen) atoms. The molecule has 238 valence electrons. The summed E-state index contributed by atoms with van der Waals surface area (Å²) in [5.74, 6) is -7.83. The number of hydrogen-bond acceptors (Lipinski definition) is 14. The number of carboxylic acid groups (broad SMARTS) is 2. The minimum absolute atomic E-state index is 0.0111. The van der Waals surface area contributed by atoms with Crippen LogP contribution in [0.3, 0.4) is 0 Å². The first-order chi connectivity index (χ1) is 21.7. The largest absolute Gasteiger partial charge is 0.478 e. The fourth-order valence-electron chi connectivity index (χ4n) is 4.41. The number of carbonyl (C=O) groups is 8. The third-order valence-corrected chi connectivity index (χ3v) is 11.4. The number of imide groups is 6. The normalized spacial score (nSPS) is 17.7. The van der Waals surface area contributed by atoms with Gasteiger partial charge in [0.25, 0.3) is 11.8 Å². The first-order valence-electron chi connectivity index (χ1n) is 12.8. The number of aromatic carboxylic acids is 2. The maximum absolute atomic E-state index is 13.4. The number of urea groups is 2. The van der Waals surface area contributed by atoms with Gasteiger partial charge in [-0.1, -0.05) is 47.0 Å². The molecule has 4 aliphatic heterocycles. The molecule has 1 aromatic carbocycles. The van der Waals surface area contributed by atoms with E-state index >= 15 is 0 Å². The number of amides is 8. The number of aliphatic imine (C=N–C) groups is 2. The maximum atomic E-state index is 13.4. The van der Waals surface area contributed by atoms with Crippen LogP contribution in [0, 0.1) is 0 Å². The second-order valence-electron chi connectivity index (χ2n) is 8.99. The molecular weight excluding hydrogens is 689 g/mol. The Bertz CT molecular complexity index is 1700. The highest BCUT2D eigenvalue weighted by Crippen LogP contribution is 2.64. The monoisotopic (exact) mass is 706 g/mol. The summed E-state index contributed by atoms with van der Waals surface area (Å²) in [7, 11) is 0. The lowest BCUT2D eigenvalue weighted by molar-refractivity contribution is -0.138. The summed E-state index contributed by atoms with van der Waals surface area (Å²) in [6.07, 6.45) is 0. The second kappa shape index (κ2) is 12.4. The van der Waals surface area contributed by atoms with Gasteiger partial charge in [0.1, 0.15) is 11.1 Å². The molecular formula is C26H18N4O12S4. The van der Waals surface area contributed by atoms with Gasteiger partial charge in [-0.3, -0.25) is 19.2 Å². The Kier molecular flexibility index (Phi) is 8.90. The summed E-state index contributed by atoms with van der Waals surface area (Å²) >= 11 is 2.84. The molecule has 1 aromatic rings. The molecule has 2 N–H and O–H groups in total. The van der Waals surface area contributed by atoms with Crippen molar-refractivity contribution in [1.29, 1.82) is 0 Å². The van der Waals surface area contributed by atoms with Gasteiger partial charge in [0.2, 0.25) is 23.6 Å². The Labute approximate surface area is 274 Å². The average molecular weight is 707 g/mol. The topological polar surface area (TPSA) is 227 Å². The van der Waals surface area contributed by atoms with E-state index in [-0.39, 0.29) is 73.3 Å². The highest BCUT2D eigenvalue weighted by Gasteiger charge is 2.46. The van der Waals surface area contributed by atoms with Gasteiger partial charge >= 0.3 is 24.0 Å². The number of benzene rings is 1. The number of thioether (sulfide) groups is 4. The quantitative estimate of drug-likeness (QED) is 0.425. The predicted octanol–water partition coefficient (Wildman–Crippen LogP) is 3.79. The Hall–Kier alpha value is -4.40. The molecule has 0 saturated heterocycles. The van der Waals surface area contributed by atoms with Gasteiger partial charge in [-0.05, 0) is 13.8 Å². The second-order valence-corrected chi connectivity index (χ2v) is 13.6. The lowest BCUT2D eigenvalue weighted by Crippen LogP contribution is -2.45. The van der Waals surface area contributed by atoms with Gasteiger partial charge in [0.15, 0.2) is 0 Å². The van der Waals surface area contributed by atoms with E-state index in [0.717, 1.165) is 13.8 Å². The highest BCUT2D eigenvalue weighted by atomic mass is 32.2. The highest BCUT2D eigenvalue weighted by molar-refractivity contribution is 8.26. The number of nitrogens with zero attached hydrogens (tertiary/aromatic N) is 4. The number of hydrogen-bond donors (Lipinski definition) is 2. The average Bonchev–Trinajstić information content (AvgIpc) is 3.55. The van der Waals surface area contributed by atoms with Crippen LogP contribution in [0.5, 0.6) is 0 Å². The summed E-state index contributed by atoms with van der Waals surface area (Å²) in [6.45, 7) is 5.00. The molecule has 0 fully saturated rings. The molecule has 4 aliphatic rings. The lowest BCUT2D eigenvalue weighted by atomic mass is 10.1. The van der Waals surface area contributed by atoms with E-state index in [2.05, 4.69) is 9.98 Å². The van der Waals surface area contributed by atoms with Crippen molar-refractivity contribution in [2.75, 3.05) is 13.2 Å².